The number of hydrogen-bond acceptors (Lipinski definition) is 2. The van der Waals surface area contributed by atoms with Crippen LogP contribution in [0.25, 0.3) is 0 Å². The summed E-state index contributed by atoms with van der Waals surface area (Å²) in [5.41, 5.74) is 2.61. The van der Waals surface area contributed by atoms with Crippen molar-refractivity contribution in [1.82, 2.24) is 4.98 Å². The highest BCUT2D eigenvalue weighted by Gasteiger charge is 2.12. The molecule has 0 unspecified atom stereocenters. The fourth-order valence-corrected chi connectivity index (χ4v) is 1.91. The molecule has 2 aromatic rings. The summed E-state index contributed by atoms with van der Waals surface area (Å²) in [4.78, 5) is 3.98. The second-order valence-corrected chi connectivity index (χ2v) is 5.89. The molecule has 0 amide bonds. The van der Waals surface area contributed by atoms with Crippen LogP contribution in [0.3, 0.4) is 0 Å². The van der Waals surface area contributed by atoms with Gasteiger partial charge in [-0.25, -0.2) is 4.98 Å². The predicted octanol–water partition coefficient (Wildman–Crippen LogP) is 4.61. The minimum atomic E-state index is 0.173. The van der Waals surface area contributed by atoms with E-state index in [0.717, 1.165) is 5.56 Å². The van der Waals surface area contributed by atoms with Crippen LogP contribution in [0, 0.1) is 0 Å². The van der Waals surface area contributed by atoms with Crippen molar-refractivity contribution in [3.8, 4) is 5.75 Å². The second-order valence-electron chi connectivity index (χ2n) is 5.53. The van der Waals surface area contributed by atoms with Crippen LogP contribution in [0.15, 0.2) is 42.6 Å². The van der Waals surface area contributed by atoms with Crippen molar-refractivity contribution < 1.29 is 4.74 Å². The molecule has 0 N–H and O–H groups in total. The highest BCUT2D eigenvalue weighted by atomic mass is 35.5. The maximum atomic E-state index is 5.94. The lowest BCUT2D eigenvalue weighted by Crippen LogP contribution is -2.10. The molecule has 1 aromatic carbocycles. The third-order valence-corrected chi connectivity index (χ3v) is 3.22. The van der Waals surface area contributed by atoms with Crippen molar-refractivity contribution in [3.05, 3.63) is 58.9 Å². The Balaban J connectivity index is 2.03. The molecule has 0 saturated heterocycles. The lowest BCUT2D eigenvalue weighted by molar-refractivity contribution is 0.305. The van der Waals surface area contributed by atoms with Crippen LogP contribution < -0.4 is 4.74 Å². The molecule has 2 nitrogen and oxygen atoms in total. The van der Waals surface area contributed by atoms with Crippen LogP contribution in [-0.4, -0.2) is 4.98 Å². The van der Waals surface area contributed by atoms with Crippen molar-refractivity contribution >= 4 is 11.6 Å². The minimum absolute atomic E-state index is 0.173. The third kappa shape index (κ3) is 3.71. The van der Waals surface area contributed by atoms with Gasteiger partial charge < -0.3 is 4.74 Å². The molecule has 0 radical (unpaired) electrons. The van der Waals surface area contributed by atoms with Crippen molar-refractivity contribution in [2.45, 2.75) is 32.8 Å². The molecule has 0 bridgehead atoms. The number of ether oxygens (including phenoxy) is 1. The van der Waals surface area contributed by atoms with E-state index in [4.69, 9.17) is 16.3 Å². The zero-order valence-electron chi connectivity index (χ0n) is 11.5. The van der Waals surface area contributed by atoms with Gasteiger partial charge in [-0.1, -0.05) is 56.6 Å². The highest BCUT2D eigenvalue weighted by molar-refractivity contribution is 6.30. The molecule has 0 aliphatic heterocycles. The molecule has 1 heterocycles. The maximum Gasteiger partial charge on any atom is 0.171 e. The van der Waals surface area contributed by atoms with E-state index in [2.05, 4.69) is 50.0 Å². The minimum Gasteiger partial charge on any atom is -0.486 e. The Kier molecular flexibility index (Phi) is 4.11. The van der Waals surface area contributed by atoms with E-state index in [1.165, 1.54) is 5.56 Å². The van der Waals surface area contributed by atoms with Crippen molar-refractivity contribution in [1.29, 1.82) is 0 Å². The van der Waals surface area contributed by atoms with Gasteiger partial charge in [-0.05, 0) is 28.7 Å². The molecule has 0 fully saturated rings. The summed E-state index contributed by atoms with van der Waals surface area (Å²) in [6.07, 6.45) is 1.65. The Labute approximate surface area is 119 Å². The zero-order valence-corrected chi connectivity index (χ0v) is 12.2. The van der Waals surface area contributed by atoms with Crippen LogP contribution >= 0.6 is 11.6 Å². The van der Waals surface area contributed by atoms with E-state index in [9.17, 15) is 0 Å². The summed E-state index contributed by atoms with van der Waals surface area (Å²) in [6.45, 7) is 7.10. The molecule has 0 aliphatic carbocycles. The molecule has 3 heteroatoms. The first-order valence-corrected chi connectivity index (χ1v) is 6.67. The number of aromatic nitrogens is 1. The summed E-state index contributed by atoms with van der Waals surface area (Å²) in [7, 11) is 0. The van der Waals surface area contributed by atoms with Gasteiger partial charge in [0.25, 0.3) is 0 Å². The predicted molar refractivity (Wildman–Crippen MR) is 78.7 cm³/mol. The number of pyridine rings is 1. The highest BCUT2D eigenvalue weighted by Crippen LogP contribution is 2.24. The van der Waals surface area contributed by atoms with Gasteiger partial charge in [0.05, 0.1) is 0 Å². The first-order chi connectivity index (χ1) is 8.97. The normalized spacial score (nSPS) is 11.4. The number of rotatable bonds is 3. The smallest absolute Gasteiger partial charge is 0.171 e. The molecule has 0 spiro atoms. The van der Waals surface area contributed by atoms with E-state index in [1.807, 2.05) is 12.1 Å². The van der Waals surface area contributed by atoms with Gasteiger partial charge in [0.1, 0.15) is 6.61 Å². The fourth-order valence-electron chi connectivity index (χ4n) is 1.74. The maximum absolute atomic E-state index is 5.94. The average molecular weight is 276 g/mol. The first kappa shape index (κ1) is 13.9. The second kappa shape index (κ2) is 5.62. The van der Waals surface area contributed by atoms with E-state index in [-0.39, 0.29) is 5.41 Å². The molecule has 0 atom stereocenters. The average Bonchev–Trinajstić information content (AvgIpc) is 2.37. The quantitative estimate of drug-likeness (QED) is 0.763. The van der Waals surface area contributed by atoms with E-state index < -0.39 is 0 Å². The van der Waals surface area contributed by atoms with Crippen LogP contribution in [0.5, 0.6) is 5.75 Å². The van der Waals surface area contributed by atoms with Crippen LogP contribution in [0.2, 0.25) is 5.15 Å². The van der Waals surface area contributed by atoms with Crippen LogP contribution in [0.4, 0.5) is 0 Å². The Bertz CT molecular complexity index is 543. The number of nitrogens with zero attached hydrogens (tertiary/aromatic N) is 1. The van der Waals surface area contributed by atoms with Gasteiger partial charge >= 0.3 is 0 Å². The molecule has 1 aromatic heterocycles. The summed E-state index contributed by atoms with van der Waals surface area (Å²) in [5, 5.41) is 0.397. The molecule has 0 aliphatic rings. The summed E-state index contributed by atoms with van der Waals surface area (Å²) in [6, 6.07) is 12.1. The Morgan fingerprint density at radius 2 is 1.79 bits per heavy atom. The van der Waals surface area contributed by atoms with Gasteiger partial charge in [0.15, 0.2) is 10.9 Å². The van der Waals surface area contributed by atoms with Crippen LogP contribution in [-0.2, 0) is 12.0 Å². The van der Waals surface area contributed by atoms with E-state index >= 15 is 0 Å². The van der Waals surface area contributed by atoms with Crippen LogP contribution in [0.1, 0.15) is 31.9 Å². The SMILES string of the molecule is CC(C)(C)c1ccc(COc2cccnc2Cl)cc1. The standard InChI is InChI=1S/C16H18ClNO/c1-16(2,3)13-8-6-12(7-9-13)11-19-14-5-4-10-18-15(14)17/h4-10H,11H2,1-3H3. The van der Waals surface area contributed by atoms with Crippen molar-refractivity contribution in [2.24, 2.45) is 0 Å². The largest absolute Gasteiger partial charge is 0.486 e. The van der Waals surface area contributed by atoms with Gasteiger partial charge in [-0.3, -0.25) is 0 Å². The third-order valence-electron chi connectivity index (χ3n) is 2.94. The number of halogens is 1. The van der Waals surface area contributed by atoms with Gasteiger partial charge in [-0.15, -0.1) is 0 Å². The molecular weight excluding hydrogens is 258 g/mol. The molecular formula is C16H18ClNO. The summed E-state index contributed by atoms with van der Waals surface area (Å²) in [5.74, 6) is 0.615. The Morgan fingerprint density at radius 1 is 1.11 bits per heavy atom. The Morgan fingerprint density at radius 3 is 2.37 bits per heavy atom. The molecule has 2 rings (SSSR count). The van der Waals surface area contributed by atoms with Gasteiger partial charge in [0, 0.05) is 6.20 Å². The van der Waals surface area contributed by atoms with E-state index in [1.54, 1.807) is 6.20 Å². The monoisotopic (exact) mass is 275 g/mol. The summed E-state index contributed by atoms with van der Waals surface area (Å²) < 4.78 is 5.65. The number of benzene rings is 1. The van der Waals surface area contributed by atoms with Crippen molar-refractivity contribution in [2.75, 3.05) is 0 Å². The fraction of sp³-hybridized carbons (Fsp3) is 0.312. The Hall–Kier alpha value is -1.54. The first-order valence-electron chi connectivity index (χ1n) is 6.29. The molecule has 0 saturated carbocycles. The molecule has 19 heavy (non-hydrogen) atoms. The number of hydrogen-bond donors (Lipinski definition) is 0. The lowest BCUT2D eigenvalue weighted by atomic mass is 9.87. The van der Waals surface area contributed by atoms with Gasteiger partial charge in [-0.2, -0.15) is 0 Å². The topological polar surface area (TPSA) is 22.1 Å². The summed E-state index contributed by atoms with van der Waals surface area (Å²) >= 11 is 5.94. The van der Waals surface area contributed by atoms with Crippen molar-refractivity contribution in [3.63, 3.8) is 0 Å². The zero-order chi connectivity index (χ0) is 13.9. The van der Waals surface area contributed by atoms with E-state index in [0.29, 0.717) is 17.5 Å². The molecule has 100 valence electrons. The lowest BCUT2D eigenvalue weighted by Gasteiger charge is -2.19. The van der Waals surface area contributed by atoms with Gasteiger partial charge in [0.2, 0.25) is 0 Å².